The van der Waals surface area contributed by atoms with Crippen molar-refractivity contribution >= 4 is 23.4 Å². The second-order valence-corrected chi connectivity index (χ2v) is 9.28. The van der Waals surface area contributed by atoms with Crippen LogP contribution >= 0.6 is 11.8 Å². The zero-order valence-electron chi connectivity index (χ0n) is 18.5. The predicted molar refractivity (Wildman–Crippen MR) is 129 cm³/mol. The van der Waals surface area contributed by atoms with Gasteiger partial charge in [-0.2, -0.15) is 16.9 Å². The third-order valence-corrected chi connectivity index (χ3v) is 6.91. The number of thioether (sulfide) groups is 1. The maximum atomic E-state index is 12.8. The summed E-state index contributed by atoms with van der Waals surface area (Å²) in [7, 11) is 0. The number of nitrogens with zero attached hydrogens (tertiary/aromatic N) is 3. The number of aromatic nitrogens is 2. The molecule has 0 bridgehead atoms. The number of amides is 1. The summed E-state index contributed by atoms with van der Waals surface area (Å²) in [5.74, 6) is 2.23. The predicted octanol–water partition coefficient (Wildman–Crippen LogP) is 4.92. The molecule has 3 aromatic rings. The quantitative estimate of drug-likeness (QED) is 0.599. The number of carbonyl (C=O) groups is 1. The van der Waals surface area contributed by atoms with Gasteiger partial charge >= 0.3 is 0 Å². The summed E-state index contributed by atoms with van der Waals surface area (Å²) >= 11 is 1.99. The molecule has 1 aromatic heterocycles. The molecule has 0 aliphatic carbocycles. The van der Waals surface area contributed by atoms with Crippen molar-refractivity contribution in [1.29, 1.82) is 0 Å². The van der Waals surface area contributed by atoms with Crippen molar-refractivity contribution in [2.75, 3.05) is 29.9 Å². The Morgan fingerprint density at radius 2 is 1.84 bits per heavy atom. The molecular weight excluding hydrogens is 404 g/mol. The molecule has 1 atom stereocenters. The van der Waals surface area contributed by atoms with Crippen LogP contribution in [0.4, 0.5) is 5.69 Å². The van der Waals surface area contributed by atoms with Crippen molar-refractivity contribution in [3.63, 3.8) is 0 Å². The highest BCUT2D eigenvalue weighted by Gasteiger charge is 2.25. The zero-order valence-corrected chi connectivity index (χ0v) is 19.3. The fourth-order valence-corrected chi connectivity index (χ4v) is 5.25. The number of benzene rings is 2. The van der Waals surface area contributed by atoms with E-state index in [9.17, 15) is 4.79 Å². The molecule has 0 spiro atoms. The van der Waals surface area contributed by atoms with Gasteiger partial charge in [-0.3, -0.25) is 9.69 Å². The Hall–Kier alpha value is -2.57. The van der Waals surface area contributed by atoms with E-state index in [4.69, 9.17) is 0 Å². The summed E-state index contributed by atoms with van der Waals surface area (Å²) in [6.45, 7) is 7.83. The Morgan fingerprint density at radius 3 is 2.58 bits per heavy atom. The van der Waals surface area contributed by atoms with Gasteiger partial charge in [-0.1, -0.05) is 48.0 Å². The second kappa shape index (κ2) is 9.71. The Bertz CT molecular complexity index is 1030. The number of aryl methyl sites for hydroxylation is 2. The minimum absolute atomic E-state index is 0.0414. The van der Waals surface area contributed by atoms with Crippen LogP contribution in [-0.2, 0) is 4.79 Å². The Morgan fingerprint density at radius 1 is 1.10 bits per heavy atom. The maximum Gasteiger partial charge on any atom is 0.225 e. The van der Waals surface area contributed by atoms with Crippen molar-refractivity contribution < 1.29 is 4.79 Å². The van der Waals surface area contributed by atoms with Gasteiger partial charge in [0.1, 0.15) is 0 Å². The molecule has 2 heterocycles. The van der Waals surface area contributed by atoms with E-state index in [0.29, 0.717) is 12.5 Å². The van der Waals surface area contributed by atoms with Gasteiger partial charge in [0.25, 0.3) is 0 Å². The van der Waals surface area contributed by atoms with E-state index in [1.54, 1.807) is 0 Å². The fourth-order valence-electron chi connectivity index (χ4n) is 4.09. The van der Waals surface area contributed by atoms with Crippen LogP contribution in [-0.4, -0.2) is 45.2 Å². The molecule has 0 radical (unpaired) electrons. The molecule has 1 fully saturated rings. The number of hydrogen-bond donors (Lipinski definition) is 1. The van der Waals surface area contributed by atoms with Gasteiger partial charge in [-0.25, -0.2) is 4.68 Å². The van der Waals surface area contributed by atoms with E-state index in [1.165, 1.54) is 11.1 Å². The average molecular weight is 435 g/mol. The lowest BCUT2D eigenvalue weighted by Crippen LogP contribution is -2.38. The van der Waals surface area contributed by atoms with Gasteiger partial charge in [0.05, 0.1) is 22.8 Å². The van der Waals surface area contributed by atoms with E-state index in [1.807, 2.05) is 60.6 Å². The van der Waals surface area contributed by atoms with Gasteiger partial charge in [0.2, 0.25) is 5.91 Å². The molecule has 1 amide bonds. The molecule has 5 nitrogen and oxygen atoms in total. The molecule has 4 rings (SSSR count). The lowest BCUT2D eigenvalue weighted by molar-refractivity contribution is -0.116. The Balaban J connectivity index is 1.41. The van der Waals surface area contributed by atoms with Crippen molar-refractivity contribution in [1.82, 2.24) is 14.7 Å². The first-order chi connectivity index (χ1) is 15.0. The lowest BCUT2D eigenvalue weighted by Gasteiger charge is -2.35. The number of carbonyl (C=O) groups excluding carboxylic acids is 1. The highest BCUT2D eigenvalue weighted by atomic mass is 32.2. The molecular formula is C25H30N4OS. The fraction of sp³-hybridized carbons (Fsp3) is 0.360. The monoisotopic (exact) mass is 434 g/mol. The van der Waals surface area contributed by atoms with Crippen LogP contribution in [0, 0.1) is 20.8 Å². The van der Waals surface area contributed by atoms with Crippen LogP contribution < -0.4 is 5.32 Å². The van der Waals surface area contributed by atoms with Crippen molar-refractivity contribution in [3.05, 3.63) is 77.1 Å². The molecule has 1 aliphatic heterocycles. The number of rotatable bonds is 6. The largest absolute Gasteiger partial charge is 0.323 e. The van der Waals surface area contributed by atoms with Gasteiger partial charge in [-0.15, -0.1) is 0 Å². The second-order valence-electron chi connectivity index (χ2n) is 8.13. The highest BCUT2D eigenvalue weighted by molar-refractivity contribution is 7.99. The molecule has 0 saturated carbocycles. The van der Waals surface area contributed by atoms with E-state index < -0.39 is 0 Å². The Labute approximate surface area is 188 Å². The number of anilines is 1. The van der Waals surface area contributed by atoms with E-state index >= 15 is 0 Å². The summed E-state index contributed by atoms with van der Waals surface area (Å²) in [6.07, 6.45) is 0.475. The van der Waals surface area contributed by atoms with Crippen LogP contribution in [0.25, 0.3) is 5.69 Å². The van der Waals surface area contributed by atoms with Crippen molar-refractivity contribution in [3.8, 4) is 5.69 Å². The summed E-state index contributed by atoms with van der Waals surface area (Å²) in [5.41, 5.74) is 6.22. The maximum absolute atomic E-state index is 12.8. The first kappa shape index (κ1) is 21.7. The van der Waals surface area contributed by atoms with Crippen molar-refractivity contribution in [2.45, 2.75) is 33.2 Å². The van der Waals surface area contributed by atoms with Crippen LogP contribution in [0.2, 0.25) is 0 Å². The van der Waals surface area contributed by atoms with Crippen molar-refractivity contribution in [2.24, 2.45) is 0 Å². The van der Waals surface area contributed by atoms with Gasteiger partial charge in [0.15, 0.2) is 0 Å². The third-order valence-electron chi connectivity index (χ3n) is 5.88. The number of nitrogens with one attached hydrogen (secondary N) is 1. The molecule has 31 heavy (non-hydrogen) atoms. The number of hydrogen-bond acceptors (Lipinski definition) is 4. The molecule has 1 unspecified atom stereocenters. The smallest absolute Gasteiger partial charge is 0.225 e. The third kappa shape index (κ3) is 5.02. The van der Waals surface area contributed by atoms with Crippen LogP contribution in [0.3, 0.4) is 0 Å². The summed E-state index contributed by atoms with van der Waals surface area (Å²) in [5, 5.41) is 7.75. The summed E-state index contributed by atoms with van der Waals surface area (Å²) in [4.78, 5) is 15.3. The van der Waals surface area contributed by atoms with E-state index in [0.717, 1.165) is 47.4 Å². The SMILES string of the molecule is Cc1ccc(C2CSCCN2CCC(=O)Nc2c(C)nn(-c3ccccc3)c2C)cc1. The van der Waals surface area contributed by atoms with Crippen LogP contribution in [0.5, 0.6) is 0 Å². The highest BCUT2D eigenvalue weighted by Crippen LogP contribution is 2.30. The number of para-hydroxylation sites is 1. The first-order valence-corrected chi connectivity index (χ1v) is 12.0. The van der Waals surface area contributed by atoms with E-state index in [-0.39, 0.29) is 5.91 Å². The molecule has 6 heteroatoms. The molecule has 1 aliphatic rings. The molecule has 162 valence electrons. The standard InChI is InChI=1S/C25H30N4OS/c1-18-9-11-21(12-10-18)23-17-31-16-15-28(23)14-13-24(30)26-25-19(2)27-29(20(25)3)22-7-5-4-6-8-22/h4-12,23H,13-17H2,1-3H3,(H,26,30). The van der Waals surface area contributed by atoms with Gasteiger partial charge < -0.3 is 5.32 Å². The van der Waals surface area contributed by atoms with Crippen LogP contribution in [0.15, 0.2) is 54.6 Å². The molecule has 1 saturated heterocycles. The van der Waals surface area contributed by atoms with Gasteiger partial charge in [0, 0.05) is 37.1 Å². The Kier molecular flexibility index (Phi) is 6.78. The molecule has 1 N–H and O–H groups in total. The van der Waals surface area contributed by atoms with Gasteiger partial charge in [-0.05, 0) is 38.5 Å². The lowest BCUT2D eigenvalue weighted by atomic mass is 10.0. The average Bonchev–Trinajstić information content (AvgIpc) is 3.07. The zero-order chi connectivity index (χ0) is 21.8. The molecule has 2 aromatic carbocycles. The first-order valence-electron chi connectivity index (χ1n) is 10.8. The normalized spacial score (nSPS) is 16.9. The minimum Gasteiger partial charge on any atom is -0.323 e. The summed E-state index contributed by atoms with van der Waals surface area (Å²) in [6, 6.07) is 19.2. The summed E-state index contributed by atoms with van der Waals surface area (Å²) < 4.78 is 1.89. The van der Waals surface area contributed by atoms with E-state index in [2.05, 4.69) is 46.5 Å². The minimum atomic E-state index is 0.0414. The topological polar surface area (TPSA) is 50.2 Å². The van der Waals surface area contributed by atoms with Crippen LogP contribution in [0.1, 0.15) is 35.0 Å².